The van der Waals surface area contributed by atoms with Crippen LogP contribution in [0.5, 0.6) is 0 Å². The van der Waals surface area contributed by atoms with Crippen LogP contribution in [0.25, 0.3) is 0 Å². The van der Waals surface area contributed by atoms with Crippen molar-refractivity contribution < 1.29 is 13.5 Å². The van der Waals surface area contributed by atoms with E-state index >= 15 is 0 Å². The van der Waals surface area contributed by atoms with Crippen molar-refractivity contribution in [2.45, 2.75) is 13.5 Å². The molecular formula is C13H17FN4O2. The summed E-state index contributed by atoms with van der Waals surface area (Å²) in [4.78, 5) is 0. The van der Waals surface area contributed by atoms with Gasteiger partial charge in [0, 0.05) is 13.7 Å². The fraction of sp³-hybridized carbons (Fsp3) is 0.385. The predicted octanol–water partition coefficient (Wildman–Crippen LogP) is 2.00. The van der Waals surface area contributed by atoms with Crippen LogP contribution in [0.2, 0.25) is 0 Å². The molecule has 2 aromatic rings. The summed E-state index contributed by atoms with van der Waals surface area (Å²) in [6.07, 6.45) is 0. The van der Waals surface area contributed by atoms with Gasteiger partial charge in [0.25, 0.3) is 0 Å². The minimum Gasteiger partial charge on any atom is -0.406 e. The lowest BCUT2D eigenvalue weighted by Crippen LogP contribution is -2.18. The van der Waals surface area contributed by atoms with Gasteiger partial charge >= 0.3 is 6.01 Å². The van der Waals surface area contributed by atoms with Crippen LogP contribution in [0, 0.1) is 12.7 Å². The molecule has 1 heterocycles. The second kappa shape index (κ2) is 6.97. The number of hydrogen-bond acceptors (Lipinski definition) is 6. The lowest BCUT2D eigenvalue weighted by molar-refractivity contribution is 0.198. The number of methoxy groups -OCH3 is 1. The molecule has 0 atom stereocenters. The Hall–Kier alpha value is -1.99. The number of para-hydroxylation sites is 1. The summed E-state index contributed by atoms with van der Waals surface area (Å²) < 4.78 is 23.9. The second-order valence-electron chi connectivity index (χ2n) is 4.23. The van der Waals surface area contributed by atoms with Gasteiger partial charge in [0.2, 0.25) is 5.89 Å². The minimum absolute atomic E-state index is 0.168. The number of benzene rings is 1. The molecule has 0 spiro atoms. The van der Waals surface area contributed by atoms with Crippen LogP contribution >= 0.6 is 0 Å². The summed E-state index contributed by atoms with van der Waals surface area (Å²) in [5.41, 5.74) is 1.11. The Morgan fingerprint density at radius 2 is 2.20 bits per heavy atom. The van der Waals surface area contributed by atoms with Crippen molar-refractivity contribution in [1.82, 2.24) is 15.5 Å². The van der Waals surface area contributed by atoms with Crippen molar-refractivity contribution in [2.75, 3.05) is 25.6 Å². The molecule has 0 saturated heterocycles. The Bertz CT molecular complexity index is 539. The molecule has 1 aromatic carbocycles. The van der Waals surface area contributed by atoms with Crippen LogP contribution in [0.1, 0.15) is 11.5 Å². The van der Waals surface area contributed by atoms with E-state index in [0.717, 1.165) is 5.56 Å². The van der Waals surface area contributed by atoms with Crippen molar-refractivity contribution in [1.29, 1.82) is 0 Å². The van der Waals surface area contributed by atoms with E-state index in [1.807, 2.05) is 0 Å². The van der Waals surface area contributed by atoms with E-state index in [0.29, 0.717) is 31.3 Å². The maximum Gasteiger partial charge on any atom is 0.320 e. The van der Waals surface area contributed by atoms with Gasteiger partial charge in [-0.15, -0.1) is 5.10 Å². The van der Waals surface area contributed by atoms with E-state index in [1.54, 1.807) is 26.2 Å². The lowest BCUT2D eigenvalue weighted by Gasteiger charge is -2.06. The highest BCUT2D eigenvalue weighted by molar-refractivity contribution is 5.57. The summed E-state index contributed by atoms with van der Waals surface area (Å²) in [5.74, 6) is 0.0700. The Morgan fingerprint density at radius 3 is 2.95 bits per heavy atom. The zero-order valence-corrected chi connectivity index (χ0v) is 11.4. The summed E-state index contributed by atoms with van der Waals surface area (Å²) >= 11 is 0. The van der Waals surface area contributed by atoms with Crippen LogP contribution in [0.15, 0.2) is 22.6 Å². The van der Waals surface area contributed by atoms with Crippen LogP contribution in [0.3, 0.4) is 0 Å². The molecule has 2 rings (SSSR count). The van der Waals surface area contributed by atoms with Gasteiger partial charge in [-0.05, 0) is 18.6 Å². The molecule has 0 radical (unpaired) electrons. The largest absolute Gasteiger partial charge is 0.406 e. The first-order chi connectivity index (χ1) is 9.70. The summed E-state index contributed by atoms with van der Waals surface area (Å²) in [5, 5.41) is 13.6. The smallest absolute Gasteiger partial charge is 0.320 e. The Labute approximate surface area is 116 Å². The van der Waals surface area contributed by atoms with Crippen LogP contribution in [0.4, 0.5) is 16.1 Å². The third kappa shape index (κ3) is 3.75. The van der Waals surface area contributed by atoms with E-state index in [9.17, 15) is 4.39 Å². The van der Waals surface area contributed by atoms with Gasteiger partial charge in [0.1, 0.15) is 5.82 Å². The molecule has 0 aliphatic rings. The van der Waals surface area contributed by atoms with Gasteiger partial charge in [-0.1, -0.05) is 17.2 Å². The van der Waals surface area contributed by atoms with E-state index < -0.39 is 0 Å². The van der Waals surface area contributed by atoms with E-state index in [-0.39, 0.29) is 11.8 Å². The molecule has 0 saturated carbocycles. The zero-order chi connectivity index (χ0) is 14.4. The first-order valence-electron chi connectivity index (χ1n) is 6.25. The molecule has 0 amide bonds. The maximum absolute atomic E-state index is 13.7. The molecule has 0 bridgehead atoms. The monoisotopic (exact) mass is 280 g/mol. The first-order valence-corrected chi connectivity index (χ1v) is 6.25. The number of hydrogen-bond donors (Lipinski definition) is 2. The predicted molar refractivity (Wildman–Crippen MR) is 72.3 cm³/mol. The number of halogens is 1. The number of aryl methyl sites for hydroxylation is 1. The van der Waals surface area contributed by atoms with Gasteiger partial charge in [0.05, 0.1) is 18.8 Å². The van der Waals surface area contributed by atoms with E-state index in [4.69, 9.17) is 9.15 Å². The van der Waals surface area contributed by atoms with Crippen LogP contribution < -0.4 is 10.6 Å². The summed E-state index contributed by atoms with van der Waals surface area (Å²) in [6, 6.07) is 4.99. The second-order valence-corrected chi connectivity index (χ2v) is 4.23. The van der Waals surface area contributed by atoms with E-state index in [2.05, 4.69) is 20.8 Å². The topological polar surface area (TPSA) is 72.2 Å². The molecule has 1 aromatic heterocycles. The molecule has 7 heteroatoms. The van der Waals surface area contributed by atoms with Gasteiger partial charge in [-0.2, -0.15) is 0 Å². The highest BCUT2D eigenvalue weighted by Gasteiger charge is 2.10. The minimum atomic E-state index is -0.358. The molecular weight excluding hydrogens is 263 g/mol. The molecule has 2 N–H and O–H groups in total. The summed E-state index contributed by atoms with van der Waals surface area (Å²) in [6.45, 7) is 3.53. The molecule has 0 aliphatic heterocycles. The molecule has 0 aliphatic carbocycles. The molecule has 0 fully saturated rings. The van der Waals surface area contributed by atoms with Gasteiger partial charge in [0.15, 0.2) is 0 Å². The Kier molecular flexibility index (Phi) is 5.03. The third-order valence-corrected chi connectivity index (χ3v) is 2.68. The van der Waals surface area contributed by atoms with Gasteiger partial charge in [-0.3, -0.25) is 0 Å². The number of nitrogens with one attached hydrogen (secondary N) is 2. The SMILES string of the molecule is COCCNCc1nnc(Nc2c(C)cccc2F)o1. The molecule has 0 unspecified atom stereocenters. The number of ether oxygens (including phenoxy) is 1. The first kappa shape index (κ1) is 14.4. The molecule has 108 valence electrons. The number of anilines is 2. The highest BCUT2D eigenvalue weighted by Crippen LogP contribution is 2.22. The Morgan fingerprint density at radius 1 is 1.35 bits per heavy atom. The standard InChI is InChI=1S/C13H17FN4O2/c1-9-4-3-5-10(14)12(9)16-13-18-17-11(20-13)8-15-6-7-19-2/h3-5,15H,6-8H2,1-2H3,(H,16,18). The average Bonchev–Trinajstić information content (AvgIpc) is 2.87. The van der Waals surface area contributed by atoms with Crippen LogP contribution in [-0.2, 0) is 11.3 Å². The average molecular weight is 280 g/mol. The fourth-order valence-corrected chi connectivity index (χ4v) is 1.64. The number of aromatic nitrogens is 2. The van der Waals surface area contributed by atoms with Gasteiger partial charge in [-0.25, -0.2) is 4.39 Å². The quantitative estimate of drug-likeness (QED) is 0.756. The lowest BCUT2D eigenvalue weighted by atomic mass is 10.2. The van der Waals surface area contributed by atoms with Gasteiger partial charge < -0.3 is 19.8 Å². The maximum atomic E-state index is 13.7. The van der Waals surface area contributed by atoms with Crippen molar-refractivity contribution in [3.8, 4) is 0 Å². The van der Waals surface area contributed by atoms with Crippen molar-refractivity contribution in [3.63, 3.8) is 0 Å². The zero-order valence-electron chi connectivity index (χ0n) is 11.4. The summed E-state index contributed by atoms with van der Waals surface area (Å²) in [7, 11) is 1.63. The number of rotatable bonds is 7. The van der Waals surface area contributed by atoms with Crippen molar-refractivity contribution in [3.05, 3.63) is 35.5 Å². The third-order valence-electron chi connectivity index (χ3n) is 2.68. The molecule has 20 heavy (non-hydrogen) atoms. The fourth-order valence-electron chi connectivity index (χ4n) is 1.64. The van der Waals surface area contributed by atoms with Crippen molar-refractivity contribution >= 4 is 11.7 Å². The molecule has 6 nitrogen and oxygen atoms in total. The van der Waals surface area contributed by atoms with Crippen molar-refractivity contribution in [2.24, 2.45) is 0 Å². The normalized spacial score (nSPS) is 10.8. The van der Waals surface area contributed by atoms with E-state index in [1.165, 1.54) is 6.07 Å². The number of nitrogens with zero attached hydrogens (tertiary/aromatic N) is 2. The van der Waals surface area contributed by atoms with Crippen LogP contribution in [-0.4, -0.2) is 30.5 Å². The highest BCUT2D eigenvalue weighted by atomic mass is 19.1. The Balaban J connectivity index is 1.96.